The van der Waals surface area contributed by atoms with Gasteiger partial charge in [0, 0.05) is 0 Å². The van der Waals surface area contributed by atoms with Gasteiger partial charge in [0.05, 0.1) is 19.8 Å². The Hall–Kier alpha value is -0.640. The SMILES string of the molecule is OCC1OC(OCC2(OC3OC(CO)C(O)C(O)C3O)OC(CO)C(O)C2O)C(O)C(O)C1O. The lowest BCUT2D eigenvalue weighted by Crippen LogP contribution is -2.63. The molecule has 14 atom stereocenters. The van der Waals surface area contributed by atoms with E-state index < -0.39 is 112 Å². The van der Waals surface area contributed by atoms with E-state index in [1.54, 1.807) is 0 Å². The molecule has 3 aliphatic heterocycles. The van der Waals surface area contributed by atoms with E-state index in [2.05, 4.69) is 0 Å². The van der Waals surface area contributed by atoms with Crippen LogP contribution in [-0.4, -0.2) is 168 Å². The van der Waals surface area contributed by atoms with E-state index in [0.717, 1.165) is 0 Å². The number of hydrogen-bond donors (Lipinski definition) is 11. The molecule has 3 heterocycles. The Labute approximate surface area is 192 Å². The number of rotatable bonds is 8. The van der Waals surface area contributed by atoms with Crippen molar-refractivity contribution in [2.24, 2.45) is 0 Å². The predicted molar refractivity (Wildman–Crippen MR) is 101 cm³/mol. The Morgan fingerprint density at radius 3 is 1.50 bits per heavy atom. The molecule has 0 bridgehead atoms. The van der Waals surface area contributed by atoms with Crippen LogP contribution in [-0.2, 0) is 23.7 Å². The van der Waals surface area contributed by atoms with Gasteiger partial charge in [-0.3, -0.25) is 0 Å². The first-order valence-corrected chi connectivity index (χ1v) is 10.6. The Kier molecular flexibility index (Phi) is 9.18. The Balaban J connectivity index is 1.82. The smallest absolute Gasteiger partial charge is 0.224 e. The molecule has 16 nitrogen and oxygen atoms in total. The molecule has 0 aromatic heterocycles. The number of aliphatic hydroxyl groups excluding tert-OH is 11. The van der Waals surface area contributed by atoms with E-state index in [9.17, 15) is 56.2 Å². The van der Waals surface area contributed by atoms with Crippen molar-refractivity contribution < 1.29 is 79.9 Å². The van der Waals surface area contributed by atoms with E-state index in [1.807, 2.05) is 0 Å². The van der Waals surface area contributed by atoms with Gasteiger partial charge in [-0.1, -0.05) is 0 Å². The third-order valence-corrected chi connectivity index (χ3v) is 6.15. The van der Waals surface area contributed by atoms with Crippen LogP contribution in [0.2, 0.25) is 0 Å². The second-order valence-corrected chi connectivity index (χ2v) is 8.41. The topological polar surface area (TPSA) is 269 Å². The molecular formula is C18H32O16. The molecule has 0 amide bonds. The quantitative estimate of drug-likeness (QED) is 0.146. The van der Waals surface area contributed by atoms with Gasteiger partial charge in [-0.25, -0.2) is 0 Å². The number of hydrogen-bond acceptors (Lipinski definition) is 16. The third kappa shape index (κ3) is 5.09. The minimum Gasteiger partial charge on any atom is -0.394 e. The zero-order valence-electron chi connectivity index (χ0n) is 17.8. The molecule has 11 N–H and O–H groups in total. The standard InChI is InChI=1S/C18H32O16/c19-1-5-8(22)11(25)13(27)16(31-5)30-4-18(15(29)10(24)7(3-21)33-18)34-17-14(28)12(26)9(23)6(2-20)32-17/h5-17,19-29H,1-4H2. The van der Waals surface area contributed by atoms with E-state index >= 15 is 0 Å². The molecule has 3 saturated heterocycles. The second-order valence-electron chi connectivity index (χ2n) is 8.41. The van der Waals surface area contributed by atoms with Crippen molar-refractivity contribution in [3.05, 3.63) is 0 Å². The molecule has 3 aliphatic rings. The summed E-state index contributed by atoms with van der Waals surface area (Å²) in [4.78, 5) is 0. The van der Waals surface area contributed by atoms with Gasteiger partial charge in [0.2, 0.25) is 5.79 Å². The van der Waals surface area contributed by atoms with E-state index in [1.165, 1.54) is 0 Å². The summed E-state index contributed by atoms with van der Waals surface area (Å²) in [5.41, 5.74) is 0. The van der Waals surface area contributed by atoms with Gasteiger partial charge >= 0.3 is 0 Å². The van der Waals surface area contributed by atoms with Crippen molar-refractivity contribution in [3.8, 4) is 0 Å². The van der Waals surface area contributed by atoms with Crippen LogP contribution in [0.1, 0.15) is 0 Å². The van der Waals surface area contributed by atoms with Crippen molar-refractivity contribution in [3.63, 3.8) is 0 Å². The van der Waals surface area contributed by atoms with Gasteiger partial charge in [0.15, 0.2) is 12.6 Å². The number of ether oxygens (including phenoxy) is 5. The normalized spacial score (nSPS) is 52.1. The van der Waals surface area contributed by atoms with Gasteiger partial charge in [0.1, 0.15) is 73.8 Å². The summed E-state index contributed by atoms with van der Waals surface area (Å²) >= 11 is 0. The Bertz CT molecular complexity index is 651. The summed E-state index contributed by atoms with van der Waals surface area (Å²) in [6, 6.07) is 0. The fourth-order valence-electron chi connectivity index (χ4n) is 4.02. The summed E-state index contributed by atoms with van der Waals surface area (Å²) in [5.74, 6) is -2.43. The van der Waals surface area contributed by atoms with Crippen molar-refractivity contribution in [1.29, 1.82) is 0 Å². The van der Waals surface area contributed by atoms with Crippen molar-refractivity contribution in [2.75, 3.05) is 26.4 Å². The van der Waals surface area contributed by atoms with Gasteiger partial charge < -0.3 is 79.9 Å². The highest BCUT2D eigenvalue weighted by Gasteiger charge is 2.59. The van der Waals surface area contributed by atoms with Gasteiger partial charge in [0.25, 0.3) is 0 Å². The second kappa shape index (κ2) is 11.2. The molecule has 0 aliphatic carbocycles. The van der Waals surface area contributed by atoms with Crippen LogP contribution in [0.25, 0.3) is 0 Å². The summed E-state index contributed by atoms with van der Waals surface area (Å²) in [6.07, 6.45) is -22.2. The number of aliphatic hydroxyl groups is 11. The van der Waals surface area contributed by atoms with E-state index in [4.69, 9.17) is 23.7 Å². The summed E-state index contributed by atoms with van der Waals surface area (Å²) < 4.78 is 26.8. The maximum Gasteiger partial charge on any atom is 0.224 e. The van der Waals surface area contributed by atoms with Gasteiger partial charge in [-0.05, 0) is 0 Å². The first-order valence-electron chi connectivity index (χ1n) is 10.6. The van der Waals surface area contributed by atoms with Crippen LogP contribution in [0.3, 0.4) is 0 Å². The largest absolute Gasteiger partial charge is 0.394 e. The molecule has 34 heavy (non-hydrogen) atoms. The lowest BCUT2D eigenvalue weighted by atomic mass is 9.98. The summed E-state index contributed by atoms with van der Waals surface area (Å²) in [6.45, 7) is -3.23. The van der Waals surface area contributed by atoms with Crippen LogP contribution < -0.4 is 0 Å². The first-order chi connectivity index (χ1) is 16.0. The molecule has 0 spiro atoms. The first kappa shape index (κ1) is 27.9. The zero-order chi connectivity index (χ0) is 25.4. The summed E-state index contributed by atoms with van der Waals surface area (Å²) in [5, 5.41) is 109. The molecule has 0 saturated carbocycles. The van der Waals surface area contributed by atoms with E-state index in [0.29, 0.717) is 0 Å². The van der Waals surface area contributed by atoms with Crippen LogP contribution in [0, 0.1) is 0 Å². The molecule has 14 unspecified atom stereocenters. The van der Waals surface area contributed by atoms with Crippen LogP contribution in [0.5, 0.6) is 0 Å². The molecule has 0 radical (unpaired) electrons. The Morgan fingerprint density at radius 2 is 1.03 bits per heavy atom. The molecule has 16 heteroatoms. The Morgan fingerprint density at radius 1 is 0.559 bits per heavy atom. The highest BCUT2D eigenvalue weighted by Crippen LogP contribution is 2.37. The van der Waals surface area contributed by atoms with Crippen molar-refractivity contribution >= 4 is 0 Å². The van der Waals surface area contributed by atoms with Gasteiger partial charge in [-0.15, -0.1) is 0 Å². The fourth-order valence-corrected chi connectivity index (χ4v) is 4.02. The lowest BCUT2D eigenvalue weighted by Gasteiger charge is -2.44. The minimum absolute atomic E-state index is 0.748. The minimum atomic E-state index is -2.43. The zero-order valence-corrected chi connectivity index (χ0v) is 17.8. The average Bonchev–Trinajstić information content (AvgIpc) is 3.07. The predicted octanol–water partition coefficient (Wildman–Crippen LogP) is -7.57. The third-order valence-electron chi connectivity index (χ3n) is 6.15. The maximum absolute atomic E-state index is 10.6. The van der Waals surface area contributed by atoms with E-state index in [-0.39, 0.29) is 0 Å². The fraction of sp³-hybridized carbons (Fsp3) is 1.00. The molecular weight excluding hydrogens is 472 g/mol. The lowest BCUT2D eigenvalue weighted by molar-refractivity contribution is -0.397. The van der Waals surface area contributed by atoms with Gasteiger partial charge in [-0.2, -0.15) is 0 Å². The molecule has 200 valence electrons. The molecule has 3 rings (SSSR count). The highest BCUT2D eigenvalue weighted by molar-refractivity contribution is 4.99. The molecule has 0 aromatic rings. The van der Waals surface area contributed by atoms with Crippen LogP contribution in [0.15, 0.2) is 0 Å². The summed E-state index contributed by atoms with van der Waals surface area (Å²) in [7, 11) is 0. The van der Waals surface area contributed by atoms with Crippen LogP contribution >= 0.6 is 0 Å². The maximum atomic E-state index is 10.6. The molecule has 0 aromatic carbocycles. The monoisotopic (exact) mass is 504 g/mol. The highest BCUT2D eigenvalue weighted by atomic mass is 16.8. The van der Waals surface area contributed by atoms with Crippen molar-refractivity contribution in [2.45, 2.75) is 85.5 Å². The molecule has 3 fully saturated rings. The average molecular weight is 504 g/mol. The van der Waals surface area contributed by atoms with Crippen molar-refractivity contribution in [1.82, 2.24) is 0 Å². The van der Waals surface area contributed by atoms with Crippen LogP contribution in [0.4, 0.5) is 0 Å².